The third-order valence-electron chi connectivity index (χ3n) is 11.3. The maximum atomic E-state index is 6.49. The molecule has 0 spiro atoms. The molecule has 9 aromatic rings. The van der Waals surface area contributed by atoms with Crippen LogP contribution in [0.3, 0.4) is 0 Å². The van der Waals surface area contributed by atoms with Crippen molar-refractivity contribution in [2.45, 2.75) is 5.41 Å². The standard InChI is InChI=1S/C51H32O/c1-4-13-33(14-5-1)39-21-12-23-41-40(39)28-29-45-50(41)43-27-25-36(32-46(43)51(45,37-17-6-2-7-18-37)38-19-8-3-9-20-38)35-26-30-47-44(31-35)42-22-10-15-34-16-11-24-48(52-47)49(34)42/h1-32H. The van der Waals surface area contributed by atoms with E-state index in [2.05, 4.69) is 194 Å². The summed E-state index contributed by atoms with van der Waals surface area (Å²) in [7, 11) is 0. The van der Waals surface area contributed by atoms with Gasteiger partial charge in [-0.1, -0.05) is 170 Å². The first kappa shape index (κ1) is 29.1. The maximum Gasteiger partial charge on any atom is 0.135 e. The molecule has 0 saturated heterocycles. The van der Waals surface area contributed by atoms with E-state index in [1.54, 1.807) is 0 Å². The van der Waals surface area contributed by atoms with Crippen molar-refractivity contribution < 1.29 is 4.74 Å². The van der Waals surface area contributed by atoms with E-state index in [-0.39, 0.29) is 0 Å². The second-order valence-corrected chi connectivity index (χ2v) is 14.0. The summed E-state index contributed by atoms with van der Waals surface area (Å²) in [5.41, 5.74) is 14.4. The average molecular weight is 661 g/mol. The highest BCUT2D eigenvalue weighted by atomic mass is 16.5. The van der Waals surface area contributed by atoms with Crippen LogP contribution in [0.2, 0.25) is 0 Å². The molecular formula is C51H32O. The van der Waals surface area contributed by atoms with Crippen molar-refractivity contribution in [1.82, 2.24) is 0 Å². The topological polar surface area (TPSA) is 9.23 Å². The van der Waals surface area contributed by atoms with Gasteiger partial charge in [0.05, 0.1) is 5.41 Å². The lowest BCUT2D eigenvalue weighted by molar-refractivity contribution is 0.487. The van der Waals surface area contributed by atoms with Crippen LogP contribution in [-0.2, 0) is 5.41 Å². The largest absolute Gasteiger partial charge is 0.456 e. The zero-order chi connectivity index (χ0) is 34.2. The molecule has 1 nitrogen and oxygen atoms in total. The molecule has 0 unspecified atom stereocenters. The molecule has 242 valence electrons. The molecule has 0 aromatic heterocycles. The number of fused-ring (bicyclic) bond motifs is 7. The molecule has 1 heteroatoms. The van der Waals surface area contributed by atoms with Gasteiger partial charge in [0.15, 0.2) is 0 Å². The molecule has 11 rings (SSSR count). The Kier molecular flexibility index (Phi) is 6.23. The smallest absolute Gasteiger partial charge is 0.135 e. The van der Waals surface area contributed by atoms with Crippen molar-refractivity contribution >= 4 is 21.5 Å². The SMILES string of the molecule is c1ccc(-c2cccc3c4c(ccc23)C(c2ccccc2)(c2ccccc2)c2cc(-c3ccc5c(c3)-c3cccc6cccc(c36)O5)ccc2-4)cc1. The van der Waals surface area contributed by atoms with Gasteiger partial charge < -0.3 is 4.74 Å². The molecule has 0 bridgehead atoms. The second kappa shape index (κ2) is 11.2. The van der Waals surface area contributed by atoms with Gasteiger partial charge in [-0.15, -0.1) is 0 Å². The summed E-state index contributed by atoms with van der Waals surface area (Å²) in [6.45, 7) is 0. The van der Waals surface area contributed by atoms with Crippen LogP contribution < -0.4 is 4.74 Å². The Balaban J connectivity index is 1.19. The molecule has 2 aliphatic rings. The minimum atomic E-state index is -0.512. The number of benzene rings is 9. The number of rotatable bonds is 4. The molecule has 1 aliphatic heterocycles. The van der Waals surface area contributed by atoms with E-state index in [9.17, 15) is 0 Å². The summed E-state index contributed by atoms with van der Waals surface area (Å²) < 4.78 is 6.49. The summed E-state index contributed by atoms with van der Waals surface area (Å²) in [5, 5.41) is 4.91. The minimum absolute atomic E-state index is 0.512. The number of hydrogen-bond donors (Lipinski definition) is 0. The van der Waals surface area contributed by atoms with Crippen LogP contribution in [-0.4, -0.2) is 0 Å². The Morgan fingerprint density at radius 3 is 1.77 bits per heavy atom. The van der Waals surface area contributed by atoms with Gasteiger partial charge >= 0.3 is 0 Å². The average Bonchev–Trinajstić information content (AvgIpc) is 3.52. The first-order valence-electron chi connectivity index (χ1n) is 18.0. The van der Waals surface area contributed by atoms with Crippen LogP contribution in [0.5, 0.6) is 11.5 Å². The molecule has 0 atom stereocenters. The summed E-state index contributed by atoms with van der Waals surface area (Å²) in [4.78, 5) is 0. The predicted octanol–water partition coefficient (Wildman–Crippen LogP) is 13.5. The van der Waals surface area contributed by atoms with E-state index in [4.69, 9.17) is 4.74 Å². The predicted molar refractivity (Wildman–Crippen MR) is 215 cm³/mol. The Labute approximate surface area is 303 Å². The summed E-state index contributed by atoms with van der Waals surface area (Å²) in [6.07, 6.45) is 0. The van der Waals surface area contributed by atoms with Crippen LogP contribution >= 0.6 is 0 Å². The monoisotopic (exact) mass is 660 g/mol. The highest BCUT2D eigenvalue weighted by molar-refractivity contribution is 6.09. The molecule has 9 aromatic carbocycles. The molecule has 1 heterocycles. The molecule has 0 saturated carbocycles. The van der Waals surface area contributed by atoms with Gasteiger partial charge in [0.1, 0.15) is 11.5 Å². The van der Waals surface area contributed by atoms with Crippen molar-refractivity contribution in [3.05, 3.63) is 216 Å². The molecular weight excluding hydrogens is 629 g/mol. The van der Waals surface area contributed by atoms with Gasteiger partial charge in [-0.2, -0.15) is 0 Å². The van der Waals surface area contributed by atoms with Crippen LogP contribution in [0.25, 0.3) is 66.1 Å². The summed E-state index contributed by atoms with van der Waals surface area (Å²) in [6, 6.07) is 71.1. The lowest BCUT2D eigenvalue weighted by Crippen LogP contribution is -2.28. The van der Waals surface area contributed by atoms with Gasteiger partial charge in [0, 0.05) is 10.9 Å². The van der Waals surface area contributed by atoms with E-state index >= 15 is 0 Å². The van der Waals surface area contributed by atoms with Crippen molar-refractivity contribution in [2.75, 3.05) is 0 Å². The lowest BCUT2D eigenvalue weighted by atomic mass is 9.67. The van der Waals surface area contributed by atoms with Crippen molar-refractivity contribution in [3.63, 3.8) is 0 Å². The van der Waals surface area contributed by atoms with Gasteiger partial charge in [0.2, 0.25) is 0 Å². The highest BCUT2D eigenvalue weighted by Gasteiger charge is 2.47. The van der Waals surface area contributed by atoms with Gasteiger partial charge in [-0.25, -0.2) is 0 Å². The fraction of sp³-hybridized carbons (Fsp3) is 0.0196. The zero-order valence-corrected chi connectivity index (χ0v) is 28.4. The third kappa shape index (κ3) is 4.05. The van der Waals surface area contributed by atoms with Crippen molar-refractivity contribution in [2.24, 2.45) is 0 Å². The maximum absolute atomic E-state index is 6.49. The van der Waals surface area contributed by atoms with E-state index in [1.165, 1.54) is 82.7 Å². The van der Waals surface area contributed by atoms with Crippen molar-refractivity contribution in [3.8, 4) is 56.0 Å². The number of ether oxygens (including phenoxy) is 1. The second-order valence-electron chi connectivity index (χ2n) is 14.0. The Morgan fingerprint density at radius 1 is 0.346 bits per heavy atom. The molecule has 0 fully saturated rings. The van der Waals surface area contributed by atoms with Crippen LogP contribution in [0, 0.1) is 0 Å². The van der Waals surface area contributed by atoms with E-state index < -0.39 is 5.41 Å². The first-order chi connectivity index (χ1) is 25.8. The van der Waals surface area contributed by atoms with E-state index in [1.807, 2.05) is 0 Å². The Morgan fingerprint density at radius 2 is 1.00 bits per heavy atom. The van der Waals surface area contributed by atoms with E-state index in [0.717, 1.165) is 17.1 Å². The van der Waals surface area contributed by atoms with Crippen LogP contribution in [0.15, 0.2) is 194 Å². The van der Waals surface area contributed by atoms with Gasteiger partial charge in [0.25, 0.3) is 0 Å². The summed E-state index contributed by atoms with van der Waals surface area (Å²) >= 11 is 0. The molecule has 0 radical (unpaired) electrons. The highest BCUT2D eigenvalue weighted by Crippen LogP contribution is 2.59. The molecule has 1 aliphatic carbocycles. The number of hydrogen-bond acceptors (Lipinski definition) is 1. The molecule has 52 heavy (non-hydrogen) atoms. The van der Waals surface area contributed by atoms with E-state index in [0.29, 0.717) is 0 Å². The Hall–Kier alpha value is -6.70. The fourth-order valence-electron chi connectivity index (χ4n) is 9.14. The molecule has 0 N–H and O–H groups in total. The van der Waals surface area contributed by atoms with Gasteiger partial charge in [-0.05, 0) is 102 Å². The van der Waals surface area contributed by atoms with Crippen molar-refractivity contribution in [1.29, 1.82) is 0 Å². The Bertz CT molecular complexity index is 2810. The summed E-state index contributed by atoms with van der Waals surface area (Å²) in [5.74, 6) is 1.81. The van der Waals surface area contributed by atoms with Crippen LogP contribution in [0.1, 0.15) is 22.3 Å². The molecule has 0 amide bonds. The third-order valence-corrected chi connectivity index (χ3v) is 11.3. The van der Waals surface area contributed by atoms with Gasteiger partial charge in [-0.3, -0.25) is 0 Å². The quantitative estimate of drug-likeness (QED) is 0.183. The normalized spacial score (nSPS) is 13.3. The zero-order valence-electron chi connectivity index (χ0n) is 28.4. The fourth-order valence-corrected chi connectivity index (χ4v) is 9.14. The minimum Gasteiger partial charge on any atom is -0.456 e. The lowest BCUT2D eigenvalue weighted by Gasteiger charge is -2.34. The first-order valence-corrected chi connectivity index (χ1v) is 18.0. The van der Waals surface area contributed by atoms with Crippen LogP contribution in [0.4, 0.5) is 0 Å².